The van der Waals surface area contributed by atoms with Crippen LogP contribution in [0.1, 0.15) is 46.5 Å². The van der Waals surface area contributed by atoms with Gasteiger partial charge in [-0.15, -0.1) is 0 Å². The molecule has 1 atom stereocenters. The standard InChI is InChI=1S/C13H25NO3/c1-4-13(11(15)16)6-5-8-14(10-13)9-7-12(2,3)17/h17H,4-10H2,1-3H3,(H,15,16). The van der Waals surface area contributed by atoms with Crippen LogP contribution in [0.25, 0.3) is 0 Å². The van der Waals surface area contributed by atoms with Crippen LogP contribution in [0.5, 0.6) is 0 Å². The van der Waals surface area contributed by atoms with Gasteiger partial charge in [-0.2, -0.15) is 0 Å². The summed E-state index contributed by atoms with van der Waals surface area (Å²) in [6.07, 6.45) is 3.08. The Morgan fingerprint density at radius 3 is 2.59 bits per heavy atom. The minimum atomic E-state index is -0.673. The second kappa shape index (κ2) is 5.36. The molecule has 17 heavy (non-hydrogen) atoms. The van der Waals surface area contributed by atoms with E-state index in [4.69, 9.17) is 0 Å². The number of nitrogens with zero attached hydrogens (tertiary/aromatic N) is 1. The van der Waals surface area contributed by atoms with E-state index in [-0.39, 0.29) is 0 Å². The molecule has 0 saturated carbocycles. The third kappa shape index (κ3) is 3.96. The van der Waals surface area contributed by atoms with Crippen molar-refractivity contribution in [1.82, 2.24) is 4.90 Å². The van der Waals surface area contributed by atoms with E-state index in [1.54, 1.807) is 13.8 Å². The van der Waals surface area contributed by atoms with E-state index in [0.29, 0.717) is 19.4 Å². The average molecular weight is 243 g/mol. The van der Waals surface area contributed by atoms with Crippen molar-refractivity contribution in [3.63, 3.8) is 0 Å². The van der Waals surface area contributed by atoms with Gasteiger partial charge in [0.1, 0.15) is 0 Å². The third-order valence-electron chi connectivity index (χ3n) is 3.83. The molecule has 1 rings (SSSR count). The highest BCUT2D eigenvalue weighted by Crippen LogP contribution is 2.33. The zero-order valence-corrected chi connectivity index (χ0v) is 11.2. The first kappa shape index (κ1) is 14.5. The number of aliphatic carboxylic acids is 1. The molecule has 1 aliphatic heterocycles. The fourth-order valence-corrected chi connectivity index (χ4v) is 2.46. The Balaban J connectivity index is 2.57. The lowest BCUT2D eigenvalue weighted by Crippen LogP contribution is -2.48. The molecule has 4 heteroatoms. The van der Waals surface area contributed by atoms with Crippen LogP contribution in [0.2, 0.25) is 0 Å². The molecular weight excluding hydrogens is 218 g/mol. The molecule has 1 heterocycles. The minimum Gasteiger partial charge on any atom is -0.481 e. The average Bonchev–Trinajstić information content (AvgIpc) is 2.25. The number of carbonyl (C=O) groups is 1. The first-order valence-corrected chi connectivity index (χ1v) is 6.47. The molecule has 0 aromatic heterocycles. The van der Waals surface area contributed by atoms with Crippen molar-refractivity contribution in [3.8, 4) is 0 Å². The quantitative estimate of drug-likeness (QED) is 0.772. The monoisotopic (exact) mass is 243 g/mol. The number of carboxylic acid groups (broad SMARTS) is 1. The van der Waals surface area contributed by atoms with Gasteiger partial charge in [0.25, 0.3) is 0 Å². The van der Waals surface area contributed by atoms with E-state index in [9.17, 15) is 15.0 Å². The number of aliphatic hydroxyl groups is 1. The van der Waals surface area contributed by atoms with Gasteiger partial charge >= 0.3 is 5.97 Å². The van der Waals surface area contributed by atoms with Gasteiger partial charge in [-0.25, -0.2) is 0 Å². The lowest BCUT2D eigenvalue weighted by Gasteiger charge is -2.40. The summed E-state index contributed by atoms with van der Waals surface area (Å²) >= 11 is 0. The highest BCUT2D eigenvalue weighted by atomic mass is 16.4. The van der Waals surface area contributed by atoms with Gasteiger partial charge < -0.3 is 15.1 Å². The van der Waals surface area contributed by atoms with Crippen LogP contribution in [0, 0.1) is 5.41 Å². The maximum Gasteiger partial charge on any atom is 0.310 e. The molecule has 4 nitrogen and oxygen atoms in total. The normalized spacial score (nSPS) is 27.1. The van der Waals surface area contributed by atoms with Crippen molar-refractivity contribution in [2.24, 2.45) is 5.41 Å². The number of hydrogen-bond acceptors (Lipinski definition) is 3. The van der Waals surface area contributed by atoms with Crippen molar-refractivity contribution in [1.29, 1.82) is 0 Å². The topological polar surface area (TPSA) is 60.8 Å². The zero-order chi connectivity index (χ0) is 13.1. The van der Waals surface area contributed by atoms with Gasteiger partial charge in [-0.3, -0.25) is 4.79 Å². The number of likely N-dealkylation sites (tertiary alicyclic amines) is 1. The molecule has 0 spiro atoms. The Morgan fingerprint density at radius 1 is 1.47 bits per heavy atom. The predicted octanol–water partition coefficient (Wildman–Crippen LogP) is 1.72. The molecule has 0 amide bonds. The van der Waals surface area contributed by atoms with Crippen molar-refractivity contribution in [2.45, 2.75) is 52.1 Å². The van der Waals surface area contributed by atoms with Crippen LogP contribution in [-0.2, 0) is 4.79 Å². The molecule has 1 aliphatic rings. The number of rotatable bonds is 5. The van der Waals surface area contributed by atoms with E-state index >= 15 is 0 Å². The maximum atomic E-state index is 11.4. The Hall–Kier alpha value is -0.610. The fraction of sp³-hybridized carbons (Fsp3) is 0.923. The summed E-state index contributed by atoms with van der Waals surface area (Å²) in [7, 11) is 0. The van der Waals surface area contributed by atoms with E-state index in [0.717, 1.165) is 25.9 Å². The van der Waals surface area contributed by atoms with Crippen molar-refractivity contribution >= 4 is 5.97 Å². The van der Waals surface area contributed by atoms with Crippen molar-refractivity contribution < 1.29 is 15.0 Å². The van der Waals surface area contributed by atoms with Gasteiger partial charge in [-0.1, -0.05) is 6.92 Å². The Morgan fingerprint density at radius 2 is 2.12 bits per heavy atom. The van der Waals surface area contributed by atoms with Gasteiger partial charge in [0.2, 0.25) is 0 Å². The molecular formula is C13H25NO3. The predicted molar refractivity (Wildman–Crippen MR) is 66.9 cm³/mol. The first-order chi connectivity index (χ1) is 7.79. The molecule has 0 aromatic carbocycles. The van der Waals surface area contributed by atoms with Crippen LogP contribution in [0.3, 0.4) is 0 Å². The molecule has 2 N–H and O–H groups in total. The number of hydrogen-bond donors (Lipinski definition) is 2. The summed E-state index contributed by atoms with van der Waals surface area (Å²) in [5.74, 6) is -0.673. The van der Waals surface area contributed by atoms with E-state index < -0.39 is 17.0 Å². The zero-order valence-electron chi connectivity index (χ0n) is 11.2. The van der Waals surface area contributed by atoms with Crippen molar-refractivity contribution in [3.05, 3.63) is 0 Å². The fourth-order valence-electron chi connectivity index (χ4n) is 2.46. The minimum absolute atomic E-state index is 0.572. The van der Waals surface area contributed by atoms with Gasteiger partial charge in [0, 0.05) is 13.1 Å². The number of carboxylic acids is 1. The second-order valence-electron chi connectivity index (χ2n) is 5.88. The molecule has 0 aliphatic carbocycles. The van der Waals surface area contributed by atoms with Crippen LogP contribution in [0.15, 0.2) is 0 Å². The molecule has 100 valence electrons. The summed E-state index contributed by atoms with van der Waals surface area (Å²) in [5, 5.41) is 19.1. The van der Waals surface area contributed by atoms with Crippen LogP contribution in [-0.4, -0.2) is 46.3 Å². The Labute approximate surface area is 104 Å². The van der Waals surface area contributed by atoms with Gasteiger partial charge in [0.15, 0.2) is 0 Å². The Bertz CT molecular complexity index is 272. The summed E-state index contributed by atoms with van der Waals surface area (Å²) < 4.78 is 0. The molecule has 1 unspecified atom stereocenters. The lowest BCUT2D eigenvalue weighted by atomic mass is 9.77. The van der Waals surface area contributed by atoms with Gasteiger partial charge in [-0.05, 0) is 46.1 Å². The van der Waals surface area contributed by atoms with Crippen LogP contribution in [0.4, 0.5) is 0 Å². The molecule has 1 saturated heterocycles. The SMILES string of the molecule is CCC1(C(=O)O)CCCN(CCC(C)(C)O)C1. The third-order valence-corrected chi connectivity index (χ3v) is 3.83. The molecule has 0 bridgehead atoms. The summed E-state index contributed by atoms with van der Waals surface area (Å²) in [4.78, 5) is 13.6. The lowest BCUT2D eigenvalue weighted by molar-refractivity contribution is -0.153. The Kier molecular flexibility index (Phi) is 4.55. The smallest absolute Gasteiger partial charge is 0.310 e. The highest BCUT2D eigenvalue weighted by molar-refractivity contribution is 5.75. The summed E-state index contributed by atoms with van der Waals surface area (Å²) in [6, 6.07) is 0. The van der Waals surface area contributed by atoms with Crippen molar-refractivity contribution in [2.75, 3.05) is 19.6 Å². The molecule has 0 aromatic rings. The summed E-state index contributed by atoms with van der Waals surface area (Å²) in [6.45, 7) is 7.88. The van der Waals surface area contributed by atoms with E-state index in [2.05, 4.69) is 4.90 Å². The maximum absolute atomic E-state index is 11.4. The van der Waals surface area contributed by atoms with Crippen LogP contribution >= 0.6 is 0 Å². The molecule has 1 fully saturated rings. The summed E-state index contributed by atoms with van der Waals surface area (Å²) in [5.41, 5.74) is -1.24. The highest BCUT2D eigenvalue weighted by Gasteiger charge is 2.40. The largest absolute Gasteiger partial charge is 0.481 e. The first-order valence-electron chi connectivity index (χ1n) is 6.47. The van der Waals surface area contributed by atoms with E-state index in [1.807, 2.05) is 6.92 Å². The van der Waals surface area contributed by atoms with Crippen LogP contribution < -0.4 is 0 Å². The van der Waals surface area contributed by atoms with E-state index in [1.165, 1.54) is 0 Å². The molecule has 0 radical (unpaired) electrons. The number of piperidine rings is 1. The second-order valence-corrected chi connectivity index (χ2v) is 5.88. The van der Waals surface area contributed by atoms with Gasteiger partial charge in [0.05, 0.1) is 11.0 Å².